The second-order valence-electron chi connectivity index (χ2n) is 3.58. The normalized spacial score (nSPS) is 15.2. The van der Waals surface area contributed by atoms with E-state index in [2.05, 4.69) is 21.2 Å². The highest BCUT2D eigenvalue weighted by molar-refractivity contribution is 9.10. The van der Waals surface area contributed by atoms with Crippen LogP contribution in [0.1, 0.15) is 6.92 Å². The molecular formula is C12H11BrN2O2. The molecule has 0 atom stereocenters. The van der Waals surface area contributed by atoms with Gasteiger partial charge in [-0.2, -0.15) is 0 Å². The zero-order chi connectivity index (χ0) is 12.4. The number of halogens is 1. The van der Waals surface area contributed by atoms with E-state index in [0.29, 0.717) is 12.2 Å². The lowest BCUT2D eigenvalue weighted by molar-refractivity contribution is -0.136. The fourth-order valence-corrected chi connectivity index (χ4v) is 1.85. The highest BCUT2D eigenvalue weighted by Crippen LogP contribution is 2.19. The van der Waals surface area contributed by atoms with Crippen LogP contribution in [-0.2, 0) is 9.59 Å². The van der Waals surface area contributed by atoms with Crippen molar-refractivity contribution in [1.29, 1.82) is 0 Å². The van der Waals surface area contributed by atoms with Gasteiger partial charge in [-0.05, 0) is 31.2 Å². The Labute approximate surface area is 107 Å². The van der Waals surface area contributed by atoms with E-state index in [1.807, 2.05) is 24.3 Å². The molecule has 1 aliphatic heterocycles. The average Bonchev–Trinajstić information content (AvgIpc) is 2.57. The number of anilines is 1. The summed E-state index contributed by atoms with van der Waals surface area (Å²) < 4.78 is 0.959. The summed E-state index contributed by atoms with van der Waals surface area (Å²) in [5.74, 6) is -0.544. The number of hydrogen-bond acceptors (Lipinski definition) is 3. The van der Waals surface area contributed by atoms with Crippen molar-refractivity contribution in [1.82, 2.24) is 4.90 Å². The first-order valence-corrected chi connectivity index (χ1v) is 6.01. The molecule has 0 fully saturated rings. The molecular weight excluding hydrogens is 284 g/mol. The van der Waals surface area contributed by atoms with Crippen molar-refractivity contribution in [3.8, 4) is 0 Å². The largest absolute Gasteiger partial charge is 0.351 e. The number of likely N-dealkylation sites (N-methyl/N-ethyl adjacent to an activating group) is 1. The van der Waals surface area contributed by atoms with Gasteiger partial charge in [0, 0.05) is 22.8 Å². The molecule has 1 aromatic rings. The van der Waals surface area contributed by atoms with Gasteiger partial charge < -0.3 is 5.32 Å². The lowest BCUT2D eigenvalue weighted by Crippen LogP contribution is -2.31. The van der Waals surface area contributed by atoms with Crippen molar-refractivity contribution >= 4 is 33.4 Å². The van der Waals surface area contributed by atoms with E-state index in [-0.39, 0.29) is 11.8 Å². The molecule has 0 saturated carbocycles. The van der Waals surface area contributed by atoms with Crippen molar-refractivity contribution in [3.05, 3.63) is 40.5 Å². The van der Waals surface area contributed by atoms with Crippen LogP contribution >= 0.6 is 15.9 Å². The fraction of sp³-hybridized carbons (Fsp3) is 0.167. The number of nitrogens with zero attached hydrogens (tertiary/aromatic N) is 1. The van der Waals surface area contributed by atoms with Gasteiger partial charge in [0.15, 0.2) is 0 Å². The van der Waals surface area contributed by atoms with Gasteiger partial charge in [-0.25, -0.2) is 0 Å². The van der Waals surface area contributed by atoms with E-state index in [0.717, 1.165) is 10.2 Å². The molecule has 0 aromatic heterocycles. The summed E-state index contributed by atoms with van der Waals surface area (Å²) in [6.45, 7) is 2.16. The van der Waals surface area contributed by atoms with Gasteiger partial charge in [0.05, 0.1) is 0 Å². The molecule has 2 amide bonds. The molecule has 5 heteroatoms. The summed E-state index contributed by atoms with van der Waals surface area (Å²) in [6.07, 6.45) is 1.33. The first-order valence-electron chi connectivity index (χ1n) is 5.22. The Hall–Kier alpha value is -1.62. The van der Waals surface area contributed by atoms with Gasteiger partial charge in [-0.3, -0.25) is 14.5 Å². The molecule has 17 heavy (non-hydrogen) atoms. The number of benzene rings is 1. The monoisotopic (exact) mass is 294 g/mol. The highest BCUT2D eigenvalue weighted by atomic mass is 79.9. The third-order valence-electron chi connectivity index (χ3n) is 2.45. The molecule has 0 radical (unpaired) electrons. The van der Waals surface area contributed by atoms with Crippen molar-refractivity contribution in [3.63, 3.8) is 0 Å². The summed E-state index contributed by atoms with van der Waals surface area (Å²) in [5, 5.41) is 2.94. The molecule has 0 aliphatic carbocycles. The molecule has 88 valence electrons. The number of nitrogens with one attached hydrogen (secondary N) is 1. The van der Waals surface area contributed by atoms with E-state index in [1.54, 1.807) is 6.92 Å². The lowest BCUT2D eigenvalue weighted by atomic mass is 10.3. The second kappa shape index (κ2) is 4.71. The zero-order valence-corrected chi connectivity index (χ0v) is 10.8. The maximum atomic E-state index is 11.8. The Morgan fingerprint density at radius 3 is 2.41 bits per heavy atom. The number of imide groups is 1. The van der Waals surface area contributed by atoms with E-state index in [4.69, 9.17) is 0 Å². The van der Waals surface area contributed by atoms with Gasteiger partial charge >= 0.3 is 0 Å². The Kier molecular flexibility index (Phi) is 3.28. The number of hydrogen-bond donors (Lipinski definition) is 1. The van der Waals surface area contributed by atoms with Crippen LogP contribution in [0, 0.1) is 0 Å². The molecule has 1 aliphatic rings. The number of rotatable bonds is 3. The van der Waals surface area contributed by atoms with Gasteiger partial charge in [-0.1, -0.05) is 15.9 Å². The van der Waals surface area contributed by atoms with E-state index < -0.39 is 0 Å². The Morgan fingerprint density at radius 2 is 1.88 bits per heavy atom. The third kappa shape index (κ3) is 2.39. The Balaban J connectivity index is 2.15. The van der Waals surface area contributed by atoms with Crippen molar-refractivity contribution in [2.45, 2.75) is 6.92 Å². The first-order chi connectivity index (χ1) is 8.11. The second-order valence-corrected chi connectivity index (χ2v) is 4.49. The Morgan fingerprint density at radius 1 is 1.24 bits per heavy atom. The quantitative estimate of drug-likeness (QED) is 0.869. The minimum Gasteiger partial charge on any atom is -0.351 e. The van der Waals surface area contributed by atoms with Gasteiger partial charge in [0.25, 0.3) is 11.8 Å². The van der Waals surface area contributed by atoms with Crippen LogP contribution in [0.4, 0.5) is 5.69 Å². The Bertz CT molecular complexity index is 494. The summed E-state index contributed by atoms with van der Waals surface area (Å²) >= 11 is 3.33. The number of carbonyl (C=O) groups excluding carboxylic acids is 2. The summed E-state index contributed by atoms with van der Waals surface area (Å²) in [4.78, 5) is 24.4. The van der Waals surface area contributed by atoms with Crippen molar-refractivity contribution < 1.29 is 9.59 Å². The molecule has 0 unspecified atom stereocenters. The minimum atomic E-state index is -0.277. The van der Waals surface area contributed by atoms with Crippen LogP contribution in [0.15, 0.2) is 40.5 Å². The van der Waals surface area contributed by atoms with Crippen molar-refractivity contribution in [2.75, 3.05) is 11.9 Å². The molecule has 2 rings (SSSR count). The fourth-order valence-electron chi connectivity index (χ4n) is 1.59. The highest BCUT2D eigenvalue weighted by Gasteiger charge is 2.29. The molecule has 1 N–H and O–H groups in total. The van der Waals surface area contributed by atoms with E-state index in [1.165, 1.54) is 11.0 Å². The van der Waals surface area contributed by atoms with Crippen LogP contribution in [0.2, 0.25) is 0 Å². The predicted molar refractivity (Wildman–Crippen MR) is 68.2 cm³/mol. The predicted octanol–water partition coefficient (Wildman–Crippen LogP) is 2.13. The van der Waals surface area contributed by atoms with E-state index in [9.17, 15) is 9.59 Å². The van der Waals surface area contributed by atoms with Gasteiger partial charge in [0.1, 0.15) is 5.70 Å². The van der Waals surface area contributed by atoms with Crippen LogP contribution < -0.4 is 5.32 Å². The molecule has 0 bridgehead atoms. The number of carbonyl (C=O) groups is 2. The standard InChI is InChI=1S/C12H11BrN2O2/c1-2-15-11(16)7-10(12(15)17)14-9-5-3-8(13)4-6-9/h3-7,14H,2H2,1H3. The summed E-state index contributed by atoms with van der Waals surface area (Å²) in [5.41, 5.74) is 1.10. The van der Waals surface area contributed by atoms with Crippen LogP contribution in [-0.4, -0.2) is 23.3 Å². The lowest BCUT2D eigenvalue weighted by Gasteiger charge is -2.12. The van der Waals surface area contributed by atoms with Crippen LogP contribution in [0.5, 0.6) is 0 Å². The third-order valence-corrected chi connectivity index (χ3v) is 2.98. The van der Waals surface area contributed by atoms with Crippen LogP contribution in [0.3, 0.4) is 0 Å². The molecule has 0 spiro atoms. The zero-order valence-electron chi connectivity index (χ0n) is 9.24. The minimum absolute atomic E-state index is 0.267. The SMILES string of the molecule is CCN1C(=O)C=C(Nc2ccc(Br)cc2)C1=O. The van der Waals surface area contributed by atoms with Gasteiger partial charge in [-0.15, -0.1) is 0 Å². The maximum absolute atomic E-state index is 11.8. The smallest absolute Gasteiger partial charge is 0.277 e. The average molecular weight is 295 g/mol. The van der Waals surface area contributed by atoms with Crippen molar-refractivity contribution in [2.24, 2.45) is 0 Å². The number of amides is 2. The molecule has 0 saturated heterocycles. The van der Waals surface area contributed by atoms with Crippen LogP contribution in [0.25, 0.3) is 0 Å². The molecule has 1 aromatic carbocycles. The van der Waals surface area contributed by atoms with E-state index >= 15 is 0 Å². The van der Waals surface area contributed by atoms with Gasteiger partial charge in [0.2, 0.25) is 0 Å². The summed E-state index contributed by atoms with van der Waals surface area (Å²) in [7, 11) is 0. The maximum Gasteiger partial charge on any atom is 0.277 e. The summed E-state index contributed by atoms with van der Waals surface area (Å²) in [6, 6.07) is 7.39. The molecule has 4 nitrogen and oxygen atoms in total. The molecule has 1 heterocycles. The first kappa shape index (κ1) is 11.9. The topological polar surface area (TPSA) is 49.4 Å².